The number of nitrogens with one attached hydrogen (secondary N) is 2. The molecule has 0 bridgehead atoms. The maximum atomic E-state index is 12.5. The Hall–Kier alpha value is -3.00. The number of aromatic nitrogens is 4. The lowest BCUT2D eigenvalue weighted by Gasteiger charge is -2.16. The van der Waals surface area contributed by atoms with Gasteiger partial charge < -0.3 is 10.2 Å². The van der Waals surface area contributed by atoms with Crippen LogP contribution >= 0.6 is 12.2 Å². The van der Waals surface area contributed by atoms with Gasteiger partial charge in [0.1, 0.15) is 12.4 Å². The van der Waals surface area contributed by atoms with Crippen LogP contribution in [0, 0.1) is 11.7 Å². The molecule has 0 radical (unpaired) electrons. The molecule has 7 nitrogen and oxygen atoms in total. The number of rotatable bonds is 6. The SMILES string of the molecule is Cc1ccc(-c2n[nH]c(=S)n2CC(=O)NCc2cccnc2N(C)C)cc1. The van der Waals surface area contributed by atoms with Crippen molar-refractivity contribution >= 4 is 23.9 Å². The first kappa shape index (κ1) is 18.8. The van der Waals surface area contributed by atoms with E-state index in [1.54, 1.807) is 10.8 Å². The van der Waals surface area contributed by atoms with Gasteiger partial charge in [-0.1, -0.05) is 35.9 Å². The second-order valence-corrected chi connectivity index (χ2v) is 6.85. The van der Waals surface area contributed by atoms with Crippen LogP contribution in [0.25, 0.3) is 11.4 Å². The van der Waals surface area contributed by atoms with Crippen molar-refractivity contribution in [1.82, 2.24) is 25.1 Å². The van der Waals surface area contributed by atoms with Crippen LogP contribution in [-0.4, -0.2) is 39.8 Å². The van der Waals surface area contributed by atoms with Gasteiger partial charge in [-0.2, -0.15) is 5.10 Å². The van der Waals surface area contributed by atoms with Crippen LogP contribution in [0.1, 0.15) is 11.1 Å². The van der Waals surface area contributed by atoms with Gasteiger partial charge in [0.15, 0.2) is 10.6 Å². The molecule has 0 aliphatic rings. The first-order chi connectivity index (χ1) is 13.0. The van der Waals surface area contributed by atoms with Crippen molar-refractivity contribution in [2.75, 3.05) is 19.0 Å². The van der Waals surface area contributed by atoms with E-state index in [4.69, 9.17) is 12.2 Å². The lowest BCUT2D eigenvalue weighted by atomic mass is 10.1. The molecule has 2 N–H and O–H groups in total. The molecule has 140 valence electrons. The number of pyridine rings is 1. The number of carbonyl (C=O) groups is 1. The minimum absolute atomic E-state index is 0.0934. The van der Waals surface area contributed by atoms with E-state index in [9.17, 15) is 4.79 Å². The van der Waals surface area contributed by atoms with Gasteiger partial charge in [0, 0.05) is 38.0 Å². The van der Waals surface area contributed by atoms with Crippen LogP contribution in [0.3, 0.4) is 0 Å². The van der Waals surface area contributed by atoms with Crippen LogP contribution in [0.15, 0.2) is 42.6 Å². The molecule has 27 heavy (non-hydrogen) atoms. The van der Waals surface area contributed by atoms with Crippen molar-refractivity contribution in [3.8, 4) is 11.4 Å². The van der Waals surface area contributed by atoms with Crippen molar-refractivity contribution < 1.29 is 4.79 Å². The van der Waals surface area contributed by atoms with E-state index in [1.165, 1.54) is 0 Å². The zero-order chi connectivity index (χ0) is 19.4. The fourth-order valence-corrected chi connectivity index (χ4v) is 2.95. The summed E-state index contributed by atoms with van der Waals surface area (Å²) in [6.45, 7) is 2.51. The molecule has 2 aromatic heterocycles. The van der Waals surface area contributed by atoms with Crippen molar-refractivity contribution in [3.05, 3.63) is 58.5 Å². The summed E-state index contributed by atoms with van der Waals surface area (Å²) in [5.74, 6) is 1.33. The monoisotopic (exact) mass is 382 g/mol. The Bertz CT molecular complexity index is 990. The van der Waals surface area contributed by atoms with Gasteiger partial charge >= 0.3 is 0 Å². The van der Waals surface area contributed by atoms with Crippen LogP contribution < -0.4 is 10.2 Å². The summed E-state index contributed by atoms with van der Waals surface area (Å²) in [7, 11) is 3.85. The Morgan fingerprint density at radius 2 is 2.00 bits per heavy atom. The smallest absolute Gasteiger partial charge is 0.240 e. The fourth-order valence-electron chi connectivity index (χ4n) is 2.75. The zero-order valence-electron chi connectivity index (χ0n) is 15.6. The van der Waals surface area contributed by atoms with Crippen molar-refractivity contribution in [3.63, 3.8) is 0 Å². The molecule has 0 saturated heterocycles. The number of benzene rings is 1. The number of nitrogens with zero attached hydrogens (tertiary/aromatic N) is 4. The Kier molecular flexibility index (Phi) is 5.66. The highest BCUT2D eigenvalue weighted by Crippen LogP contribution is 2.18. The number of aryl methyl sites for hydroxylation is 1. The summed E-state index contributed by atoms with van der Waals surface area (Å²) in [6, 6.07) is 11.7. The number of H-pyrrole nitrogens is 1. The average molecular weight is 382 g/mol. The summed E-state index contributed by atoms with van der Waals surface area (Å²) in [4.78, 5) is 18.8. The summed E-state index contributed by atoms with van der Waals surface area (Å²) < 4.78 is 2.11. The topological polar surface area (TPSA) is 78.8 Å². The minimum Gasteiger partial charge on any atom is -0.362 e. The van der Waals surface area contributed by atoms with Crippen molar-refractivity contribution in [2.24, 2.45) is 0 Å². The number of carbonyl (C=O) groups excluding carboxylic acids is 1. The predicted molar refractivity (Wildman–Crippen MR) is 108 cm³/mol. The molecule has 0 saturated carbocycles. The molecular formula is C19H22N6OS. The predicted octanol–water partition coefficient (Wildman–Crippen LogP) is 2.69. The van der Waals surface area contributed by atoms with E-state index in [1.807, 2.05) is 62.3 Å². The Labute approximate surface area is 163 Å². The quantitative estimate of drug-likeness (QED) is 0.641. The Morgan fingerprint density at radius 3 is 2.70 bits per heavy atom. The molecule has 1 amide bonds. The molecule has 0 aliphatic heterocycles. The van der Waals surface area contributed by atoms with Gasteiger partial charge in [0.2, 0.25) is 5.91 Å². The first-order valence-corrected chi connectivity index (χ1v) is 8.96. The Morgan fingerprint density at radius 1 is 1.26 bits per heavy atom. The van der Waals surface area contributed by atoms with Crippen molar-refractivity contribution in [1.29, 1.82) is 0 Å². The van der Waals surface area contributed by atoms with Crippen LogP contribution in [-0.2, 0) is 17.9 Å². The molecular weight excluding hydrogens is 360 g/mol. The molecule has 0 spiro atoms. The Balaban J connectivity index is 1.73. The summed E-state index contributed by atoms with van der Waals surface area (Å²) >= 11 is 5.30. The second-order valence-electron chi connectivity index (χ2n) is 6.46. The van der Waals surface area contributed by atoms with Gasteiger partial charge in [-0.05, 0) is 25.2 Å². The highest BCUT2D eigenvalue weighted by atomic mass is 32.1. The van der Waals surface area contributed by atoms with E-state index in [-0.39, 0.29) is 12.5 Å². The van der Waals surface area contributed by atoms with E-state index >= 15 is 0 Å². The van der Waals surface area contributed by atoms with E-state index in [0.29, 0.717) is 17.1 Å². The van der Waals surface area contributed by atoms with Crippen LogP contribution in [0.2, 0.25) is 0 Å². The molecule has 1 aromatic carbocycles. The molecule has 0 unspecified atom stereocenters. The van der Waals surface area contributed by atoms with Crippen molar-refractivity contribution in [2.45, 2.75) is 20.0 Å². The second kappa shape index (κ2) is 8.13. The van der Waals surface area contributed by atoms with Gasteiger partial charge in [0.25, 0.3) is 0 Å². The third-order valence-electron chi connectivity index (χ3n) is 4.14. The van der Waals surface area contributed by atoms with Gasteiger partial charge in [-0.15, -0.1) is 0 Å². The summed E-state index contributed by atoms with van der Waals surface area (Å²) in [5, 5.41) is 9.98. The average Bonchev–Trinajstić information content (AvgIpc) is 3.01. The summed E-state index contributed by atoms with van der Waals surface area (Å²) in [6.07, 6.45) is 1.74. The molecule has 3 aromatic rings. The standard InChI is InChI=1S/C19H22N6OS/c1-13-6-8-14(9-7-13)18-22-23-19(27)25(18)12-16(26)21-11-15-5-4-10-20-17(15)24(2)3/h4-10H,11-12H2,1-3H3,(H,21,26)(H,23,27). The van der Waals surface area contributed by atoms with Gasteiger partial charge in [-0.25, -0.2) is 4.98 Å². The lowest BCUT2D eigenvalue weighted by molar-refractivity contribution is -0.121. The number of anilines is 1. The first-order valence-electron chi connectivity index (χ1n) is 8.56. The van der Waals surface area contributed by atoms with Crippen LogP contribution in [0.4, 0.5) is 5.82 Å². The largest absolute Gasteiger partial charge is 0.362 e. The third-order valence-corrected chi connectivity index (χ3v) is 4.45. The number of amides is 1. The molecule has 0 atom stereocenters. The van der Waals surface area contributed by atoms with E-state index in [2.05, 4.69) is 20.5 Å². The van der Waals surface area contributed by atoms with Gasteiger partial charge in [0.05, 0.1) is 0 Å². The van der Waals surface area contributed by atoms with Gasteiger partial charge in [-0.3, -0.25) is 14.5 Å². The molecule has 2 heterocycles. The highest BCUT2D eigenvalue weighted by molar-refractivity contribution is 7.71. The summed E-state index contributed by atoms with van der Waals surface area (Å²) in [5.41, 5.74) is 3.01. The number of hydrogen-bond acceptors (Lipinski definition) is 5. The third kappa shape index (κ3) is 4.40. The van der Waals surface area contributed by atoms with E-state index in [0.717, 1.165) is 22.5 Å². The normalized spacial score (nSPS) is 10.6. The maximum Gasteiger partial charge on any atom is 0.240 e. The fraction of sp³-hybridized carbons (Fsp3) is 0.263. The molecule has 0 aliphatic carbocycles. The van der Waals surface area contributed by atoms with E-state index < -0.39 is 0 Å². The molecule has 8 heteroatoms. The van der Waals surface area contributed by atoms with Crippen LogP contribution in [0.5, 0.6) is 0 Å². The minimum atomic E-state index is -0.144. The molecule has 0 fully saturated rings. The zero-order valence-corrected chi connectivity index (χ0v) is 16.4. The highest BCUT2D eigenvalue weighted by Gasteiger charge is 2.13. The number of aromatic amines is 1. The number of hydrogen-bond donors (Lipinski definition) is 2. The lowest BCUT2D eigenvalue weighted by Crippen LogP contribution is -2.28. The molecule has 3 rings (SSSR count). The maximum absolute atomic E-state index is 12.5.